The van der Waals surface area contributed by atoms with Gasteiger partial charge in [0.05, 0.1) is 26.4 Å². The van der Waals surface area contributed by atoms with E-state index in [2.05, 4.69) is 5.32 Å². The highest BCUT2D eigenvalue weighted by molar-refractivity contribution is 6.35. The number of esters is 1. The number of carbonyl (C=O) groups is 2. The lowest BCUT2D eigenvalue weighted by Gasteiger charge is -2.14. The Bertz CT molecular complexity index is 880. The third kappa shape index (κ3) is 6.33. The molecule has 0 heterocycles. The number of carbonyl (C=O) groups excluding carboxylic acids is 2. The van der Waals surface area contributed by atoms with Crippen molar-refractivity contribution >= 4 is 35.1 Å². The van der Waals surface area contributed by atoms with Crippen LogP contribution in [0.3, 0.4) is 0 Å². The molecule has 2 aromatic carbocycles. The average molecular weight is 458 g/mol. The van der Waals surface area contributed by atoms with Crippen LogP contribution in [-0.2, 0) is 9.53 Å². The topological polar surface area (TPSA) is 92.3 Å². The number of rotatable bonds is 10. The molecule has 30 heavy (non-hydrogen) atoms. The lowest BCUT2D eigenvalue weighted by molar-refractivity contribution is -0.143. The largest absolute Gasteiger partial charge is 0.493 e. The minimum Gasteiger partial charge on any atom is -0.493 e. The van der Waals surface area contributed by atoms with E-state index in [1.807, 2.05) is 0 Å². The van der Waals surface area contributed by atoms with Crippen LogP contribution in [0.25, 0.3) is 0 Å². The van der Waals surface area contributed by atoms with Crippen molar-refractivity contribution in [1.82, 2.24) is 5.32 Å². The predicted molar refractivity (Wildman–Crippen MR) is 111 cm³/mol. The number of amides is 1. The summed E-state index contributed by atoms with van der Waals surface area (Å²) >= 11 is 11.8. The van der Waals surface area contributed by atoms with E-state index in [0.717, 1.165) is 0 Å². The van der Waals surface area contributed by atoms with Gasteiger partial charge in [-0.05, 0) is 30.3 Å². The van der Waals surface area contributed by atoms with Gasteiger partial charge in [-0.25, -0.2) is 0 Å². The fraction of sp³-hybridized carbons (Fsp3) is 0.300. The zero-order valence-electron chi connectivity index (χ0n) is 16.6. The number of benzene rings is 2. The lowest BCUT2D eigenvalue weighted by atomic mass is 10.1. The van der Waals surface area contributed by atoms with Gasteiger partial charge in [0.1, 0.15) is 25.5 Å². The smallest absolute Gasteiger partial charge is 0.325 e. The molecule has 0 radical (unpaired) electrons. The predicted octanol–water partition coefficient (Wildman–Crippen LogP) is 3.37. The first-order chi connectivity index (χ1) is 14.4. The fourth-order valence-electron chi connectivity index (χ4n) is 2.42. The zero-order valence-corrected chi connectivity index (χ0v) is 18.1. The van der Waals surface area contributed by atoms with Crippen molar-refractivity contribution in [2.24, 2.45) is 0 Å². The molecule has 0 aliphatic carbocycles. The number of halogens is 2. The van der Waals surface area contributed by atoms with Crippen molar-refractivity contribution in [3.05, 3.63) is 45.9 Å². The maximum absolute atomic E-state index is 12.3. The van der Waals surface area contributed by atoms with Crippen LogP contribution in [0.4, 0.5) is 0 Å². The lowest BCUT2D eigenvalue weighted by Crippen LogP contribution is -2.31. The van der Waals surface area contributed by atoms with E-state index in [-0.39, 0.29) is 25.3 Å². The van der Waals surface area contributed by atoms with Gasteiger partial charge in [0.15, 0.2) is 11.5 Å². The van der Waals surface area contributed by atoms with Crippen LogP contribution >= 0.6 is 23.2 Å². The Morgan fingerprint density at radius 3 is 2.13 bits per heavy atom. The van der Waals surface area contributed by atoms with E-state index in [1.165, 1.54) is 33.5 Å². The first-order valence-corrected chi connectivity index (χ1v) is 9.46. The molecule has 162 valence electrons. The van der Waals surface area contributed by atoms with Crippen molar-refractivity contribution in [1.29, 1.82) is 0 Å². The van der Waals surface area contributed by atoms with Crippen LogP contribution in [0.2, 0.25) is 10.0 Å². The Morgan fingerprint density at radius 1 is 0.900 bits per heavy atom. The van der Waals surface area contributed by atoms with Gasteiger partial charge < -0.3 is 29.0 Å². The second-order valence-corrected chi connectivity index (χ2v) is 6.58. The molecule has 8 nitrogen and oxygen atoms in total. The molecule has 0 saturated carbocycles. The number of methoxy groups -OCH3 is 3. The van der Waals surface area contributed by atoms with Gasteiger partial charge in [0.25, 0.3) is 5.91 Å². The second-order valence-electron chi connectivity index (χ2n) is 5.74. The van der Waals surface area contributed by atoms with Crippen LogP contribution in [0.1, 0.15) is 10.4 Å². The molecule has 2 rings (SSSR count). The van der Waals surface area contributed by atoms with Gasteiger partial charge in [-0.15, -0.1) is 0 Å². The van der Waals surface area contributed by atoms with Gasteiger partial charge >= 0.3 is 5.97 Å². The first kappa shape index (κ1) is 23.4. The molecule has 0 fully saturated rings. The summed E-state index contributed by atoms with van der Waals surface area (Å²) in [5.74, 6) is 0.298. The summed E-state index contributed by atoms with van der Waals surface area (Å²) in [6.07, 6.45) is 0. The van der Waals surface area contributed by atoms with Gasteiger partial charge in [-0.2, -0.15) is 0 Å². The Balaban J connectivity index is 1.82. The van der Waals surface area contributed by atoms with Crippen molar-refractivity contribution < 1.29 is 33.3 Å². The molecule has 0 bridgehead atoms. The number of nitrogens with one attached hydrogen (secondary N) is 1. The fourth-order valence-corrected chi connectivity index (χ4v) is 2.88. The molecule has 0 spiro atoms. The summed E-state index contributed by atoms with van der Waals surface area (Å²) in [6.45, 7) is -0.247. The molecule has 10 heteroatoms. The normalized spacial score (nSPS) is 10.2. The molecule has 0 aliphatic heterocycles. The van der Waals surface area contributed by atoms with Crippen molar-refractivity contribution in [3.8, 4) is 23.0 Å². The summed E-state index contributed by atoms with van der Waals surface area (Å²) in [7, 11) is 4.34. The standard InChI is InChI=1S/C20H21Cl2NO7/c1-26-16-8-12(9-17(27-2)19(16)28-3)20(25)23-11-18(24)30-7-6-29-15-5-4-13(21)10-14(15)22/h4-5,8-10H,6-7,11H2,1-3H3,(H,23,25). The SMILES string of the molecule is COc1cc(C(=O)NCC(=O)OCCOc2ccc(Cl)cc2Cl)cc(OC)c1OC. The minimum absolute atomic E-state index is 0.0160. The third-order valence-electron chi connectivity index (χ3n) is 3.82. The van der Waals surface area contributed by atoms with Crippen LogP contribution in [-0.4, -0.2) is 53.0 Å². The molecule has 1 N–H and O–H groups in total. The number of hydrogen-bond acceptors (Lipinski definition) is 7. The van der Waals surface area contributed by atoms with Crippen LogP contribution in [0.15, 0.2) is 30.3 Å². The maximum atomic E-state index is 12.3. The van der Waals surface area contributed by atoms with Gasteiger partial charge in [-0.3, -0.25) is 9.59 Å². The summed E-state index contributed by atoms with van der Waals surface area (Å²) in [6, 6.07) is 7.75. The first-order valence-electron chi connectivity index (χ1n) is 8.71. The highest BCUT2D eigenvalue weighted by atomic mass is 35.5. The highest BCUT2D eigenvalue weighted by Crippen LogP contribution is 2.38. The quantitative estimate of drug-likeness (QED) is 0.431. The van der Waals surface area contributed by atoms with Gasteiger partial charge in [0.2, 0.25) is 5.75 Å². The molecular weight excluding hydrogens is 437 g/mol. The van der Waals surface area contributed by atoms with Gasteiger partial charge in [0, 0.05) is 10.6 Å². The Labute approximate surface area is 183 Å². The molecular formula is C20H21Cl2NO7. The van der Waals surface area contributed by atoms with E-state index >= 15 is 0 Å². The van der Waals surface area contributed by atoms with Crippen LogP contribution < -0.4 is 24.3 Å². The van der Waals surface area contributed by atoms with Crippen LogP contribution in [0.5, 0.6) is 23.0 Å². The maximum Gasteiger partial charge on any atom is 0.325 e. The number of ether oxygens (including phenoxy) is 5. The molecule has 0 atom stereocenters. The molecule has 0 saturated heterocycles. The van der Waals surface area contributed by atoms with Crippen molar-refractivity contribution in [2.45, 2.75) is 0 Å². The monoisotopic (exact) mass is 457 g/mol. The van der Waals surface area contributed by atoms with Gasteiger partial charge in [-0.1, -0.05) is 23.2 Å². The van der Waals surface area contributed by atoms with E-state index in [4.69, 9.17) is 46.9 Å². The summed E-state index contributed by atoms with van der Waals surface area (Å²) < 4.78 is 26.1. The molecule has 0 unspecified atom stereocenters. The van der Waals surface area contributed by atoms with Crippen molar-refractivity contribution in [3.63, 3.8) is 0 Å². The zero-order chi connectivity index (χ0) is 22.1. The van der Waals surface area contributed by atoms with Crippen LogP contribution in [0, 0.1) is 0 Å². The molecule has 2 aromatic rings. The average Bonchev–Trinajstić information content (AvgIpc) is 2.74. The minimum atomic E-state index is -0.624. The Kier molecular flexibility index (Phi) is 8.89. The van der Waals surface area contributed by atoms with E-state index in [0.29, 0.717) is 33.0 Å². The molecule has 0 aromatic heterocycles. The second kappa shape index (κ2) is 11.4. The summed E-state index contributed by atoms with van der Waals surface area (Å²) in [5, 5.41) is 3.31. The van der Waals surface area contributed by atoms with E-state index in [1.54, 1.807) is 18.2 Å². The summed E-state index contributed by atoms with van der Waals surface area (Å²) in [4.78, 5) is 24.2. The molecule has 0 aliphatic rings. The highest BCUT2D eigenvalue weighted by Gasteiger charge is 2.17. The van der Waals surface area contributed by atoms with E-state index in [9.17, 15) is 9.59 Å². The Hall–Kier alpha value is -2.84. The third-order valence-corrected chi connectivity index (χ3v) is 4.35. The van der Waals surface area contributed by atoms with E-state index < -0.39 is 11.9 Å². The molecule has 1 amide bonds. The Morgan fingerprint density at radius 2 is 1.57 bits per heavy atom. The summed E-state index contributed by atoms with van der Waals surface area (Å²) in [5.41, 5.74) is 0.234. The van der Waals surface area contributed by atoms with Crippen molar-refractivity contribution in [2.75, 3.05) is 41.1 Å². The number of hydrogen-bond donors (Lipinski definition) is 1.